The molecule has 2 aromatic heterocycles. The van der Waals surface area contributed by atoms with E-state index in [2.05, 4.69) is 28.9 Å². The highest BCUT2D eigenvalue weighted by Gasteiger charge is 2.20. The standard InChI is InChI=1S/C25H26N4O/c1-18-9-8-14-28(16-18)17-20-15-22-23(19-10-4-2-5-11-19)27-29(24(22)26-25(20)30)21-12-6-3-7-13-21/h2-7,10-13,15,18H,8-9,14,16-17H2,1H3,(H,26,30)/t18-/m0/s1. The van der Waals surface area contributed by atoms with Gasteiger partial charge in [0, 0.05) is 29.6 Å². The van der Waals surface area contributed by atoms with E-state index in [1.165, 1.54) is 12.8 Å². The Morgan fingerprint density at radius 2 is 1.80 bits per heavy atom. The predicted molar refractivity (Wildman–Crippen MR) is 121 cm³/mol. The second kappa shape index (κ2) is 7.92. The lowest BCUT2D eigenvalue weighted by atomic mass is 10.00. The lowest BCUT2D eigenvalue weighted by Gasteiger charge is -2.30. The monoisotopic (exact) mass is 398 g/mol. The fraction of sp³-hybridized carbons (Fsp3) is 0.280. The summed E-state index contributed by atoms with van der Waals surface area (Å²) in [4.78, 5) is 18.5. The van der Waals surface area contributed by atoms with E-state index in [-0.39, 0.29) is 5.56 Å². The van der Waals surface area contributed by atoms with Crippen LogP contribution in [0.15, 0.2) is 71.5 Å². The highest BCUT2D eigenvalue weighted by Crippen LogP contribution is 2.29. The molecule has 0 aliphatic carbocycles. The average Bonchev–Trinajstić information content (AvgIpc) is 3.13. The zero-order chi connectivity index (χ0) is 20.5. The van der Waals surface area contributed by atoms with Crippen molar-refractivity contribution in [2.24, 2.45) is 5.92 Å². The third-order valence-corrected chi connectivity index (χ3v) is 5.95. The van der Waals surface area contributed by atoms with Crippen LogP contribution >= 0.6 is 0 Å². The number of pyridine rings is 1. The van der Waals surface area contributed by atoms with Crippen molar-refractivity contribution >= 4 is 11.0 Å². The molecule has 1 fully saturated rings. The molecule has 1 saturated heterocycles. The summed E-state index contributed by atoms with van der Waals surface area (Å²) in [6, 6.07) is 22.2. The maximum Gasteiger partial charge on any atom is 0.254 e. The molecule has 3 heterocycles. The Morgan fingerprint density at radius 1 is 1.07 bits per heavy atom. The number of hydrogen-bond acceptors (Lipinski definition) is 3. The van der Waals surface area contributed by atoms with Gasteiger partial charge in [-0.25, -0.2) is 4.68 Å². The van der Waals surface area contributed by atoms with E-state index >= 15 is 0 Å². The molecule has 1 aliphatic heterocycles. The second-order valence-electron chi connectivity index (χ2n) is 8.33. The molecular formula is C25H26N4O. The number of nitrogens with one attached hydrogen (secondary N) is 1. The number of rotatable bonds is 4. The molecule has 1 N–H and O–H groups in total. The average molecular weight is 399 g/mol. The molecule has 5 heteroatoms. The summed E-state index contributed by atoms with van der Waals surface area (Å²) in [5.41, 5.74) is 4.37. The van der Waals surface area contributed by atoms with Gasteiger partial charge in [0.05, 0.1) is 5.69 Å². The van der Waals surface area contributed by atoms with Gasteiger partial charge in [-0.05, 0) is 43.5 Å². The first-order chi connectivity index (χ1) is 14.7. The van der Waals surface area contributed by atoms with E-state index in [1.54, 1.807) is 0 Å². The quantitative estimate of drug-likeness (QED) is 0.546. The van der Waals surface area contributed by atoms with Gasteiger partial charge < -0.3 is 4.98 Å². The van der Waals surface area contributed by atoms with E-state index in [1.807, 2.05) is 59.3 Å². The van der Waals surface area contributed by atoms with Crippen LogP contribution in [0, 0.1) is 5.92 Å². The lowest BCUT2D eigenvalue weighted by molar-refractivity contribution is 0.176. The van der Waals surface area contributed by atoms with Crippen molar-refractivity contribution in [3.63, 3.8) is 0 Å². The molecule has 0 saturated carbocycles. The highest BCUT2D eigenvalue weighted by molar-refractivity contribution is 5.92. The summed E-state index contributed by atoms with van der Waals surface area (Å²) >= 11 is 0. The molecule has 0 bridgehead atoms. The Kier molecular flexibility index (Phi) is 4.97. The summed E-state index contributed by atoms with van der Waals surface area (Å²) in [5.74, 6) is 0.683. The van der Waals surface area contributed by atoms with Crippen molar-refractivity contribution < 1.29 is 0 Å². The summed E-state index contributed by atoms with van der Waals surface area (Å²) in [5, 5.41) is 5.88. The van der Waals surface area contributed by atoms with Crippen LogP contribution < -0.4 is 5.56 Å². The first-order valence-electron chi connectivity index (χ1n) is 10.7. The van der Waals surface area contributed by atoms with Crippen molar-refractivity contribution in [1.29, 1.82) is 0 Å². The van der Waals surface area contributed by atoms with Gasteiger partial charge in [-0.3, -0.25) is 9.69 Å². The molecule has 4 aromatic rings. The molecule has 30 heavy (non-hydrogen) atoms. The maximum absolute atomic E-state index is 13.0. The highest BCUT2D eigenvalue weighted by atomic mass is 16.1. The summed E-state index contributed by atoms with van der Waals surface area (Å²) < 4.78 is 1.84. The molecule has 0 unspecified atom stereocenters. The number of nitrogens with zero attached hydrogens (tertiary/aromatic N) is 3. The van der Waals surface area contributed by atoms with E-state index in [9.17, 15) is 4.79 Å². The number of hydrogen-bond donors (Lipinski definition) is 1. The van der Waals surface area contributed by atoms with Gasteiger partial charge in [0.25, 0.3) is 5.56 Å². The molecule has 0 amide bonds. The minimum Gasteiger partial charge on any atom is -0.306 e. The number of likely N-dealkylation sites (tertiary alicyclic amines) is 1. The Hall–Kier alpha value is -3.18. The van der Waals surface area contributed by atoms with Crippen molar-refractivity contribution in [2.45, 2.75) is 26.3 Å². The number of benzene rings is 2. The summed E-state index contributed by atoms with van der Waals surface area (Å²) in [6.45, 7) is 5.07. The van der Waals surface area contributed by atoms with Crippen LogP contribution in [0.25, 0.3) is 28.0 Å². The van der Waals surface area contributed by atoms with Crippen molar-refractivity contribution in [1.82, 2.24) is 19.7 Å². The number of piperidine rings is 1. The number of para-hydroxylation sites is 1. The Balaban J connectivity index is 1.65. The number of fused-ring (bicyclic) bond motifs is 1. The third kappa shape index (κ3) is 3.57. The molecule has 5 nitrogen and oxygen atoms in total. The SMILES string of the molecule is C[C@H]1CCCN(Cc2cc3c(-c4ccccc4)nn(-c4ccccc4)c3[nH]c2=O)C1. The van der Waals surface area contributed by atoms with Crippen LogP contribution in [0.2, 0.25) is 0 Å². The summed E-state index contributed by atoms with van der Waals surface area (Å²) in [6.07, 6.45) is 2.47. The van der Waals surface area contributed by atoms with E-state index in [0.717, 1.165) is 46.6 Å². The molecule has 0 spiro atoms. The molecular weight excluding hydrogens is 372 g/mol. The molecule has 5 rings (SSSR count). The van der Waals surface area contributed by atoms with Crippen molar-refractivity contribution in [3.8, 4) is 16.9 Å². The van der Waals surface area contributed by atoms with Crippen LogP contribution in [0.3, 0.4) is 0 Å². The molecule has 152 valence electrons. The Morgan fingerprint density at radius 3 is 2.53 bits per heavy atom. The topological polar surface area (TPSA) is 53.9 Å². The number of aromatic nitrogens is 3. The zero-order valence-electron chi connectivity index (χ0n) is 17.2. The van der Waals surface area contributed by atoms with Crippen molar-refractivity contribution in [2.75, 3.05) is 13.1 Å². The van der Waals surface area contributed by atoms with Gasteiger partial charge in [0.15, 0.2) is 0 Å². The lowest BCUT2D eigenvalue weighted by Crippen LogP contribution is -2.35. The largest absolute Gasteiger partial charge is 0.306 e. The normalized spacial score (nSPS) is 17.4. The maximum atomic E-state index is 13.0. The first kappa shape index (κ1) is 18.8. The number of aromatic amines is 1. The second-order valence-corrected chi connectivity index (χ2v) is 8.33. The van der Waals surface area contributed by atoms with Gasteiger partial charge in [0.2, 0.25) is 0 Å². The fourth-order valence-electron chi connectivity index (χ4n) is 4.47. The van der Waals surface area contributed by atoms with Gasteiger partial charge >= 0.3 is 0 Å². The van der Waals surface area contributed by atoms with Crippen LogP contribution in [-0.4, -0.2) is 32.8 Å². The zero-order valence-corrected chi connectivity index (χ0v) is 17.2. The number of H-pyrrole nitrogens is 1. The van der Waals surface area contributed by atoms with E-state index in [4.69, 9.17) is 5.10 Å². The van der Waals surface area contributed by atoms with Gasteiger partial charge in [-0.1, -0.05) is 55.5 Å². The van der Waals surface area contributed by atoms with Crippen LogP contribution in [0.5, 0.6) is 0 Å². The third-order valence-electron chi connectivity index (χ3n) is 5.95. The van der Waals surface area contributed by atoms with Crippen LogP contribution in [0.1, 0.15) is 25.3 Å². The minimum atomic E-state index is -0.0302. The van der Waals surface area contributed by atoms with Gasteiger partial charge in [-0.15, -0.1) is 0 Å². The smallest absolute Gasteiger partial charge is 0.254 e. The van der Waals surface area contributed by atoms with Gasteiger partial charge in [-0.2, -0.15) is 5.10 Å². The summed E-state index contributed by atoms with van der Waals surface area (Å²) in [7, 11) is 0. The first-order valence-corrected chi connectivity index (χ1v) is 10.7. The van der Waals surface area contributed by atoms with Crippen LogP contribution in [0.4, 0.5) is 0 Å². The fourth-order valence-corrected chi connectivity index (χ4v) is 4.47. The van der Waals surface area contributed by atoms with E-state index < -0.39 is 0 Å². The van der Waals surface area contributed by atoms with Crippen LogP contribution in [-0.2, 0) is 6.54 Å². The van der Waals surface area contributed by atoms with Crippen molar-refractivity contribution in [3.05, 3.63) is 82.6 Å². The Bertz CT molecular complexity index is 1210. The Labute approximate surface area is 176 Å². The molecule has 2 aromatic carbocycles. The molecule has 1 atom stereocenters. The van der Waals surface area contributed by atoms with E-state index in [0.29, 0.717) is 12.5 Å². The minimum absolute atomic E-state index is 0.0302. The van der Waals surface area contributed by atoms with Gasteiger partial charge in [0.1, 0.15) is 11.3 Å². The predicted octanol–water partition coefficient (Wildman–Crippen LogP) is 4.61. The molecule has 1 aliphatic rings. The molecule has 0 radical (unpaired) electrons.